The van der Waals surface area contributed by atoms with Crippen LogP contribution in [0.5, 0.6) is 0 Å². The molecule has 0 saturated carbocycles. The Balaban J connectivity index is 2.30. The summed E-state index contributed by atoms with van der Waals surface area (Å²) in [5.41, 5.74) is 6.67. The number of hydrogen-bond donors (Lipinski definition) is 2. The molecule has 0 aliphatic carbocycles. The van der Waals surface area contributed by atoms with Crippen LogP contribution in [0.2, 0.25) is 0 Å². The fraction of sp³-hybridized carbons (Fsp3) is 0.462. The third-order valence-corrected chi connectivity index (χ3v) is 3.24. The van der Waals surface area contributed by atoms with E-state index in [4.69, 9.17) is 15.6 Å². The van der Waals surface area contributed by atoms with Crippen LogP contribution in [0.3, 0.4) is 0 Å². The quantitative estimate of drug-likeness (QED) is 0.461. The largest absolute Gasteiger partial charge is 0.462 e. The molecule has 0 bridgehead atoms. The number of aliphatic hydroxyl groups is 1. The highest BCUT2D eigenvalue weighted by molar-refractivity contribution is 9.10. The second-order valence-corrected chi connectivity index (χ2v) is 4.86. The molecule has 4 nitrogen and oxygen atoms in total. The van der Waals surface area contributed by atoms with Gasteiger partial charge in [-0.1, -0.05) is 6.42 Å². The molecule has 18 heavy (non-hydrogen) atoms. The number of rotatable bonds is 7. The summed E-state index contributed by atoms with van der Waals surface area (Å²) in [6, 6.07) is 5.00. The standard InChI is InChI=1S/C13H18BrNO3/c14-11-6-5-10(9-12(11)15)13(17)18-8-4-2-1-3-7-16/h5-6,9,16H,1-4,7-8,15H2. The maximum absolute atomic E-state index is 11.7. The number of hydrogen-bond acceptors (Lipinski definition) is 4. The molecule has 0 aromatic heterocycles. The smallest absolute Gasteiger partial charge is 0.338 e. The third kappa shape index (κ3) is 5.06. The second-order valence-electron chi connectivity index (χ2n) is 4.01. The van der Waals surface area contributed by atoms with E-state index >= 15 is 0 Å². The maximum Gasteiger partial charge on any atom is 0.338 e. The number of anilines is 1. The Hall–Kier alpha value is -1.07. The van der Waals surface area contributed by atoms with E-state index in [9.17, 15) is 4.79 Å². The summed E-state index contributed by atoms with van der Waals surface area (Å²) in [5, 5.41) is 8.61. The van der Waals surface area contributed by atoms with Crippen molar-refractivity contribution in [1.29, 1.82) is 0 Å². The van der Waals surface area contributed by atoms with Crippen molar-refractivity contribution in [2.24, 2.45) is 0 Å². The highest BCUT2D eigenvalue weighted by atomic mass is 79.9. The Morgan fingerprint density at radius 1 is 1.28 bits per heavy atom. The molecule has 0 unspecified atom stereocenters. The van der Waals surface area contributed by atoms with Crippen molar-refractivity contribution in [3.05, 3.63) is 28.2 Å². The summed E-state index contributed by atoms with van der Waals surface area (Å²) in [7, 11) is 0. The van der Waals surface area contributed by atoms with E-state index in [-0.39, 0.29) is 12.6 Å². The number of carbonyl (C=O) groups is 1. The highest BCUT2D eigenvalue weighted by Crippen LogP contribution is 2.20. The Bertz CT molecular complexity index is 396. The van der Waals surface area contributed by atoms with Gasteiger partial charge in [-0.25, -0.2) is 4.79 Å². The predicted molar refractivity (Wildman–Crippen MR) is 74.4 cm³/mol. The molecule has 0 heterocycles. The fourth-order valence-corrected chi connectivity index (χ4v) is 1.73. The molecule has 1 aromatic carbocycles. The van der Waals surface area contributed by atoms with Crippen molar-refractivity contribution in [1.82, 2.24) is 0 Å². The van der Waals surface area contributed by atoms with Crippen molar-refractivity contribution < 1.29 is 14.6 Å². The molecule has 3 N–H and O–H groups in total. The van der Waals surface area contributed by atoms with E-state index < -0.39 is 0 Å². The van der Waals surface area contributed by atoms with Crippen molar-refractivity contribution in [3.63, 3.8) is 0 Å². The summed E-state index contributed by atoms with van der Waals surface area (Å²) in [6.45, 7) is 0.623. The molecule has 0 aliphatic rings. The first-order chi connectivity index (χ1) is 8.65. The minimum atomic E-state index is -0.351. The summed E-state index contributed by atoms with van der Waals surface area (Å²) in [4.78, 5) is 11.7. The molecule has 0 atom stereocenters. The van der Waals surface area contributed by atoms with E-state index in [0.717, 1.165) is 30.2 Å². The zero-order valence-electron chi connectivity index (χ0n) is 10.2. The average molecular weight is 316 g/mol. The van der Waals surface area contributed by atoms with Gasteiger partial charge in [-0.15, -0.1) is 0 Å². The number of ether oxygens (including phenoxy) is 1. The first-order valence-corrected chi connectivity index (χ1v) is 6.77. The second kappa shape index (κ2) is 8.11. The van der Waals surface area contributed by atoms with Gasteiger partial charge in [-0.2, -0.15) is 0 Å². The van der Waals surface area contributed by atoms with Gasteiger partial charge in [0.1, 0.15) is 0 Å². The Morgan fingerprint density at radius 2 is 2.00 bits per heavy atom. The molecule has 5 heteroatoms. The van der Waals surface area contributed by atoms with Crippen LogP contribution in [0.4, 0.5) is 5.69 Å². The van der Waals surface area contributed by atoms with Gasteiger partial charge in [0.05, 0.1) is 12.2 Å². The van der Waals surface area contributed by atoms with Gasteiger partial charge >= 0.3 is 5.97 Å². The number of aliphatic hydroxyl groups excluding tert-OH is 1. The molecule has 0 aliphatic heterocycles. The lowest BCUT2D eigenvalue weighted by atomic mass is 10.2. The van der Waals surface area contributed by atoms with E-state index in [1.165, 1.54) is 0 Å². The topological polar surface area (TPSA) is 72.6 Å². The third-order valence-electron chi connectivity index (χ3n) is 2.52. The molecule has 0 saturated heterocycles. The lowest BCUT2D eigenvalue weighted by Gasteiger charge is -2.06. The predicted octanol–water partition coefficient (Wildman–Crippen LogP) is 2.74. The Labute approximate surface area is 115 Å². The molecule has 0 amide bonds. The molecular formula is C13H18BrNO3. The van der Waals surface area contributed by atoms with Crippen LogP contribution in [0, 0.1) is 0 Å². The van der Waals surface area contributed by atoms with Crippen LogP contribution in [-0.4, -0.2) is 24.3 Å². The van der Waals surface area contributed by atoms with Crippen molar-refractivity contribution in [2.45, 2.75) is 25.7 Å². The van der Waals surface area contributed by atoms with Crippen LogP contribution in [-0.2, 0) is 4.74 Å². The number of nitrogens with two attached hydrogens (primary N) is 1. The normalized spacial score (nSPS) is 10.3. The maximum atomic E-state index is 11.7. The highest BCUT2D eigenvalue weighted by Gasteiger charge is 2.08. The minimum absolute atomic E-state index is 0.220. The zero-order valence-corrected chi connectivity index (χ0v) is 11.8. The molecule has 0 spiro atoms. The number of unbranched alkanes of at least 4 members (excludes halogenated alkanes) is 3. The van der Waals surface area contributed by atoms with Crippen LogP contribution in [0.1, 0.15) is 36.0 Å². The van der Waals surface area contributed by atoms with Gasteiger partial charge in [0.25, 0.3) is 0 Å². The fourth-order valence-electron chi connectivity index (χ4n) is 1.49. The van der Waals surface area contributed by atoms with Crippen molar-refractivity contribution in [2.75, 3.05) is 18.9 Å². The first-order valence-electron chi connectivity index (χ1n) is 5.98. The Kier molecular flexibility index (Phi) is 6.75. The Morgan fingerprint density at radius 3 is 2.67 bits per heavy atom. The van der Waals surface area contributed by atoms with Gasteiger partial charge in [-0.05, 0) is 53.4 Å². The van der Waals surface area contributed by atoms with Gasteiger partial charge in [0, 0.05) is 16.8 Å². The lowest BCUT2D eigenvalue weighted by Crippen LogP contribution is -2.07. The van der Waals surface area contributed by atoms with E-state index in [1.54, 1.807) is 18.2 Å². The average Bonchev–Trinajstić information content (AvgIpc) is 2.36. The van der Waals surface area contributed by atoms with Crippen molar-refractivity contribution >= 4 is 27.6 Å². The number of benzene rings is 1. The molecule has 0 radical (unpaired) electrons. The van der Waals surface area contributed by atoms with Crippen molar-refractivity contribution in [3.8, 4) is 0 Å². The number of carbonyl (C=O) groups excluding carboxylic acids is 1. The van der Waals surface area contributed by atoms with Gasteiger partial charge in [-0.3, -0.25) is 0 Å². The van der Waals surface area contributed by atoms with Gasteiger partial charge in [0.15, 0.2) is 0 Å². The summed E-state index contributed by atoms with van der Waals surface area (Å²) < 4.78 is 5.90. The number of esters is 1. The summed E-state index contributed by atoms with van der Waals surface area (Å²) in [5.74, 6) is -0.351. The van der Waals surface area contributed by atoms with Crippen LogP contribution in [0.15, 0.2) is 22.7 Å². The van der Waals surface area contributed by atoms with Crippen LogP contribution < -0.4 is 5.73 Å². The molecule has 100 valence electrons. The van der Waals surface area contributed by atoms with E-state index in [1.807, 2.05) is 0 Å². The summed E-state index contributed by atoms with van der Waals surface area (Å²) in [6.07, 6.45) is 3.53. The number of nitrogen functional groups attached to an aromatic ring is 1. The SMILES string of the molecule is Nc1cc(C(=O)OCCCCCCO)ccc1Br. The van der Waals surface area contributed by atoms with Crippen LogP contribution in [0.25, 0.3) is 0 Å². The monoisotopic (exact) mass is 315 g/mol. The molecule has 1 rings (SSSR count). The lowest BCUT2D eigenvalue weighted by molar-refractivity contribution is 0.0497. The zero-order chi connectivity index (χ0) is 13.4. The minimum Gasteiger partial charge on any atom is -0.462 e. The summed E-state index contributed by atoms with van der Waals surface area (Å²) >= 11 is 3.27. The first kappa shape index (κ1) is 15.0. The van der Waals surface area contributed by atoms with E-state index in [0.29, 0.717) is 17.9 Å². The molecule has 0 fully saturated rings. The molecule has 1 aromatic rings. The van der Waals surface area contributed by atoms with Crippen LogP contribution >= 0.6 is 15.9 Å². The van der Waals surface area contributed by atoms with Gasteiger partial charge < -0.3 is 15.6 Å². The number of halogens is 1. The van der Waals surface area contributed by atoms with E-state index in [2.05, 4.69) is 15.9 Å². The molecular weight excluding hydrogens is 298 g/mol. The van der Waals surface area contributed by atoms with Gasteiger partial charge in [0.2, 0.25) is 0 Å².